The third-order valence-corrected chi connectivity index (χ3v) is 3.73. The van der Waals surface area contributed by atoms with Crippen LogP contribution in [0.25, 0.3) is 0 Å². The van der Waals surface area contributed by atoms with Gasteiger partial charge in [-0.1, -0.05) is 22.6 Å². The van der Waals surface area contributed by atoms with Crippen molar-refractivity contribution in [1.82, 2.24) is 9.55 Å². The molecule has 1 aromatic heterocycles. The molecule has 0 aromatic carbocycles. The van der Waals surface area contributed by atoms with E-state index in [9.17, 15) is 14.7 Å². The van der Waals surface area contributed by atoms with Crippen LogP contribution < -0.4 is 11.2 Å². The van der Waals surface area contributed by atoms with E-state index in [1.54, 1.807) is 0 Å². The number of methoxy groups -OCH3 is 1. The molecule has 0 radical (unpaired) electrons. The van der Waals surface area contributed by atoms with Crippen molar-refractivity contribution in [3.63, 3.8) is 0 Å². The standard InChI is InChI=1S/C10H13IN2O5/c1-17-8-7(15)5(4-11)18-9(8)13-3-2-6(14)12-10(13)16/h2-3,5,7-9,15H,4H2,1H3,(H,12,14,16)/t5-,7?,8?,9?/m1/s1. The Morgan fingerprint density at radius 2 is 2.33 bits per heavy atom. The molecule has 0 spiro atoms. The third kappa shape index (κ3) is 2.37. The summed E-state index contributed by atoms with van der Waals surface area (Å²) >= 11 is 2.09. The maximum atomic E-state index is 11.7. The fourth-order valence-electron chi connectivity index (χ4n) is 1.95. The van der Waals surface area contributed by atoms with Crippen molar-refractivity contribution in [3.05, 3.63) is 33.1 Å². The van der Waals surface area contributed by atoms with Gasteiger partial charge >= 0.3 is 5.69 Å². The smallest absolute Gasteiger partial charge is 0.330 e. The molecule has 0 bridgehead atoms. The van der Waals surface area contributed by atoms with Gasteiger partial charge in [0.2, 0.25) is 0 Å². The topological polar surface area (TPSA) is 93.5 Å². The number of aromatic amines is 1. The van der Waals surface area contributed by atoms with Gasteiger partial charge in [-0.05, 0) is 0 Å². The van der Waals surface area contributed by atoms with Gasteiger partial charge in [0.1, 0.15) is 12.2 Å². The van der Waals surface area contributed by atoms with Crippen molar-refractivity contribution in [2.75, 3.05) is 11.5 Å². The van der Waals surface area contributed by atoms with Crippen LogP contribution in [0.4, 0.5) is 0 Å². The summed E-state index contributed by atoms with van der Waals surface area (Å²) in [7, 11) is 1.44. The Morgan fingerprint density at radius 1 is 1.61 bits per heavy atom. The Balaban J connectivity index is 2.38. The largest absolute Gasteiger partial charge is 0.387 e. The molecule has 7 nitrogen and oxygen atoms in total. The van der Waals surface area contributed by atoms with Gasteiger partial charge in [0.05, 0.1) is 6.10 Å². The van der Waals surface area contributed by atoms with E-state index in [2.05, 4.69) is 27.6 Å². The van der Waals surface area contributed by atoms with E-state index in [1.165, 1.54) is 23.9 Å². The van der Waals surface area contributed by atoms with E-state index in [1.807, 2.05) is 0 Å². The van der Waals surface area contributed by atoms with E-state index in [0.29, 0.717) is 4.43 Å². The molecule has 4 atom stereocenters. The van der Waals surface area contributed by atoms with E-state index in [4.69, 9.17) is 9.47 Å². The van der Waals surface area contributed by atoms with E-state index < -0.39 is 35.8 Å². The minimum Gasteiger partial charge on any atom is -0.387 e. The predicted molar refractivity (Wildman–Crippen MR) is 70.9 cm³/mol. The van der Waals surface area contributed by atoms with Crippen molar-refractivity contribution < 1.29 is 14.6 Å². The van der Waals surface area contributed by atoms with Crippen LogP contribution in [-0.2, 0) is 9.47 Å². The van der Waals surface area contributed by atoms with Crippen molar-refractivity contribution in [2.24, 2.45) is 0 Å². The number of rotatable bonds is 3. The lowest BCUT2D eigenvalue weighted by atomic mass is 10.1. The number of aromatic nitrogens is 2. The van der Waals surface area contributed by atoms with Crippen molar-refractivity contribution in [3.8, 4) is 0 Å². The molecule has 1 aromatic rings. The van der Waals surface area contributed by atoms with Gasteiger partial charge < -0.3 is 14.6 Å². The average Bonchev–Trinajstić information content (AvgIpc) is 2.65. The van der Waals surface area contributed by atoms with E-state index >= 15 is 0 Å². The number of nitrogens with one attached hydrogen (secondary N) is 1. The molecule has 8 heteroatoms. The Morgan fingerprint density at radius 3 is 2.89 bits per heavy atom. The first-order chi connectivity index (χ1) is 8.58. The molecular weight excluding hydrogens is 355 g/mol. The zero-order valence-electron chi connectivity index (χ0n) is 9.58. The van der Waals surface area contributed by atoms with E-state index in [0.717, 1.165) is 0 Å². The highest BCUT2D eigenvalue weighted by Gasteiger charge is 2.44. The van der Waals surface area contributed by atoms with Gasteiger partial charge in [-0.15, -0.1) is 0 Å². The first kappa shape index (κ1) is 13.7. The number of halogens is 1. The molecule has 1 aliphatic heterocycles. The van der Waals surface area contributed by atoms with Crippen LogP contribution in [-0.4, -0.2) is 44.5 Å². The summed E-state index contributed by atoms with van der Waals surface area (Å²) in [5.74, 6) is 0. The number of alkyl halides is 1. The molecule has 1 fully saturated rings. The molecular formula is C10H13IN2O5. The molecule has 1 saturated heterocycles. The van der Waals surface area contributed by atoms with Gasteiger partial charge in [0, 0.05) is 23.8 Å². The molecule has 2 N–H and O–H groups in total. The molecule has 3 unspecified atom stereocenters. The molecule has 0 saturated carbocycles. The maximum absolute atomic E-state index is 11.7. The fourth-order valence-corrected chi connectivity index (χ4v) is 2.68. The number of ether oxygens (including phenoxy) is 2. The normalized spacial score (nSPS) is 31.7. The maximum Gasteiger partial charge on any atom is 0.330 e. The molecule has 0 amide bonds. The molecule has 100 valence electrons. The second-order valence-corrected chi connectivity index (χ2v) is 4.81. The number of aliphatic hydroxyl groups is 1. The Labute approximate surface area is 116 Å². The van der Waals surface area contributed by atoms with Gasteiger partial charge in [-0.25, -0.2) is 4.79 Å². The number of H-pyrrole nitrogens is 1. The van der Waals surface area contributed by atoms with Crippen LogP contribution in [0, 0.1) is 0 Å². The summed E-state index contributed by atoms with van der Waals surface area (Å²) in [6, 6.07) is 1.22. The summed E-state index contributed by atoms with van der Waals surface area (Å²) in [6.45, 7) is 0. The number of aliphatic hydroxyl groups excluding tert-OH is 1. The summed E-state index contributed by atoms with van der Waals surface area (Å²) < 4.78 is 12.6. The second-order valence-electron chi connectivity index (χ2n) is 3.93. The summed E-state index contributed by atoms with van der Waals surface area (Å²) in [5, 5.41) is 9.98. The minimum absolute atomic E-state index is 0.403. The monoisotopic (exact) mass is 368 g/mol. The lowest BCUT2D eigenvalue weighted by Gasteiger charge is -2.19. The van der Waals surface area contributed by atoms with Crippen LogP contribution in [0.5, 0.6) is 0 Å². The van der Waals surface area contributed by atoms with Gasteiger partial charge in [0.25, 0.3) is 5.56 Å². The Kier molecular flexibility index (Phi) is 4.20. The van der Waals surface area contributed by atoms with Gasteiger partial charge in [-0.3, -0.25) is 14.3 Å². The molecule has 2 rings (SSSR count). The fraction of sp³-hybridized carbons (Fsp3) is 0.600. The molecule has 1 aliphatic rings. The molecule has 2 heterocycles. The van der Waals surface area contributed by atoms with Crippen LogP contribution in [0.1, 0.15) is 6.23 Å². The predicted octanol–water partition coefficient (Wildman–Crippen LogP) is -0.755. The lowest BCUT2D eigenvalue weighted by Crippen LogP contribution is -2.38. The highest BCUT2D eigenvalue weighted by atomic mass is 127. The highest BCUT2D eigenvalue weighted by Crippen LogP contribution is 2.31. The number of hydrogen-bond acceptors (Lipinski definition) is 5. The Hall–Kier alpha value is -0.710. The highest BCUT2D eigenvalue weighted by molar-refractivity contribution is 14.1. The Bertz CT molecular complexity index is 527. The first-order valence-electron chi connectivity index (χ1n) is 5.32. The van der Waals surface area contributed by atoms with Gasteiger partial charge in [-0.2, -0.15) is 0 Å². The third-order valence-electron chi connectivity index (χ3n) is 2.86. The molecule has 18 heavy (non-hydrogen) atoms. The lowest BCUT2D eigenvalue weighted by molar-refractivity contribution is -0.0509. The van der Waals surface area contributed by atoms with Crippen molar-refractivity contribution in [2.45, 2.75) is 24.5 Å². The average molecular weight is 368 g/mol. The van der Waals surface area contributed by atoms with E-state index in [-0.39, 0.29) is 0 Å². The summed E-state index contributed by atoms with van der Waals surface area (Å²) in [4.78, 5) is 24.8. The SMILES string of the molecule is COC1C(O)[C@@H](CI)OC1n1ccc(=O)[nH]c1=O. The molecule has 0 aliphatic carbocycles. The summed E-state index contributed by atoms with van der Waals surface area (Å²) in [5.41, 5.74) is -1.06. The second kappa shape index (κ2) is 5.51. The van der Waals surface area contributed by atoms with Crippen LogP contribution in [0.3, 0.4) is 0 Å². The van der Waals surface area contributed by atoms with Crippen LogP contribution in [0.15, 0.2) is 21.9 Å². The van der Waals surface area contributed by atoms with Crippen molar-refractivity contribution >= 4 is 22.6 Å². The number of hydrogen-bond donors (Lipinski definition) is 2. The van der Waals surface area contributed by atoms with Crippen LogP contribution >= 0.6 is 22.6 Å². The van der Waals surface area contributed by atoms with Crippen molar-refractivity contribution in [1.29, 1.82) is 0 Å². The van der Waals surface area contributed by atoms with Gasteiger partial charge in [0.15, 0.2) is 6.23 Å². The van der Waals surface area contributed by atoms with Crippen LogP contribution in [0.2, 0.25) is 0 Å². The minimum atomic E-state index is -0.810. The zero-order chi connectivity index (χ0) is 13.3. The summed E-state index contributed by atoms with van der Waals surface area (Å²) in [6.07, 6.45) is -1.27. The first-order valence-corrected chi connectivity index (χ1v) is 6.84. The number of nitrogens with zero attached hydrogens (tertiary/aromatic N) is 1. The zero-order valence-corrected chi connectivity index (χ0v) is 11.7. The quantitative estimate of drug-likeness (QED) is 0.541.